The molecule has 0 atom stereocenters. The van der Waals surface area contributed by atoms with Crippen LogP contribution in [0.5, 0.6) is 0 Å². The molecule has 70 valence electrons. The lowest BCUT2D eigenvalue weighted by atomic mass is 10.1. The highest BCUT2D eigenvalue weighted by Crippen LogP contribution is 2.13. The second-order valence-corrected chi connectivity index (χ2v) is 2.84. The molecule has 1 aromatic carbocycles. The topological polar surface area (TPSA) is 32.7 Å². The van der Waals surface area contributed by atoms with Crippen molar-refractivity contribution in [2.24, 2.45) is 5.18 Å². The number of hydrogen-bond donors (Lipinski definition) is 0. The Bertz CT molecular complexity index is 289. The van der Waals surface area contributed by atoms with Crippen molar-refractivity contribution in [3.05, 3.63) is 34.7 Å². The summed E-state index contributed by atoms with van der Waals surface area (Å²) < 4.78 is 12.3. The first-order chi connectivity index (χ1) is 6.22. The van der Waals surface area contributed by atoms with Crippen LogP contribution in [0.25, 0.3) is 0 Å². The normalized spacial score (nSPS) is 10.4. The summed E-state index contributed by atoms with van der Waals surface area (Å²) in [6.45, 7) is 0.322. The number of halogens is 1. The van der Waals surface area contributed by atoms with Crippen molar-refractivity contribution in [3.8, 4) is 0 Å². The molecule has 1 aromatic rings. The number of hydrogen-bond acceptors (Lipinski definition) is 3. The minimum absolute atomic E-state index is 0.322. The average molecular weight is 182 g/mol. The Morgan fingerprint density at radius 3 is 2.92 bits per heavy atom. The lowest BCUT2D eigenvalue weighted by Crippen LogP contribution is -2.10. The van der Waals surface area contributed by atoms with Gasteiger partial charge in [-0.25, -0.2) is 0 Å². The third kappa shape index (κ3) is 3.29. The molecular weight excluding hydrogens is 171 g/mol. The molecule has 0 N–H and O–H groups in total. The van der Waals surface area contributed by atoms with Gasteiger partial charge in [-0.3, -0.25) is 0 Å². The highest BCUT2D eigenvalue weighted by molar-refractivity contribution is 5.39. The van der Waals surface area contributed by atoms with Gasteiger partial charge in [-0.1, -0.05) is 12.1 Å². The van der Waals surface area contributed by atoms with Gasteiger partial charge in [-0.15, -0.1) is 14.5 Å². The van der Waals surface area contributed by atoms with Crippen LogP contribution in [-0.4, -0.2) is 18.7 Å². The van der Waals surface area contributed by atoms with Crippen molar-refractivity contribution in [2.75, 3.05) is 13.6 Å². The summed E-state index contributed by atoms with van der Waals surface area (Å²) in [5, 5.41) is 3.41. The summed E-state index contributed by atoms with van der Waals surface area (Å²) in [5.41, 5.74) is 1.31. The van der Waals surface area contributed by atoms with Gasteiger partial charge >= 0.3 is 0 Å². The van der Waals surface area contributed by atoms with Crippen LogP contribution >= 0.6 is 0 Å². The maximum absolute atomic E-state index is 12.3. The van der Waals surface area contributed by atoms with Crippen molar-refractivity contribution < 1.29 is 4.48 Å². The molecule has 3 nitrogen and oxygen atoms in total. The van der Waals surface area contributed by atoms with Crippen molar-refractivity contribution in [3.63, 3.8) is 0 Å². The van der Waals surface area contributed by atoms with Crippen molar-refractivity contribution >= 4 is 5.69 Å². The largest absolute Gasteiger partial charge is 0.149 e. The van der Waals surface area contributed by atoms with E-state index in [4.69, 9.17) is 0 Å². The second kappa shape index (κ2) is 4.67. The zero-order valence-corrected chi connectivity index (χ0v) is 7.40. The first-order valence-electron chi connectivity index (χ1n) is 4.01. The average Bonchev–Trinajstić information content (AvgIpc) is 2.15. The van der Waals surface area contributed by atoms with Gasteiger partial charge in [0, 0.05) is 13.6 Å². The predicted molar refractivity (Wildman–Crippen MR) is 49.3 cm³/mol. The molecule has 0 heterocycles. The molecule has 0 aliphatic carbocycles. The van der Waals surface area contributed by atoms with E-state index in [1.54, 1.807) is 18.2 Å². The van der Waals surface area contributed by atoms with Gasteiger partial charge in [0.05, 0.1) is 0 Å². The van der Waals surface area contributed by atoms with Crippen molar-refractivity contribution in [1.82, 2.24) is 5.12 Å². The van der Waals surface area contributed by atoms with Crippen LogP contribution in [0, 0.1) is 4.91 Å². The van der Waals surface area contributed by atoms with Crippen LogP contribution in [0.1, 0.15) is 5.56 Å². The SMILES string of the molecule is CN(F)CCc1cccc(N=O)c1. The van der Waals surface area contributed by atoms with Gasteiger partial charge in [-0.05, 0) is 29.3 Å². The lowest BCUT2D eigenvalue weighted by Gasteiger charge is -2.04. The molecule has 0 aliphatic heterocycles. The molecular formula is C9H11FN2O. The van der Waals surface area contributed by atoms with Crippen LogP contribution < -0.4 is 0 Å². The van der Waals surface area contributed by atoms with E-state index >= 15 is 0 Å². The first-order valence-corrected chi connectivity index (χ1v) is 4.01. The molecule has 0 spiro atoms. The Hall–Kier alpha value is -1.29. The molecule has 0 bridgehead atoms. The number of nitrogens with zero attached hydrogens (tertiary/aromatic N) is 2. The quantitative estimate of drug-likeness (QED) is 0.529. The molecule has 0 unspecified atom stereocenters. The van der Waals surface area contributed by atoms with Crippen molar-refractivity contribution in [2.45, 2.75) is 6.42 Å². The van der Waals surface area contributed by atoms with Crippen LogP contribution in [-0.2, 0) is 6.42 Å². The molecule has 0 amide bonds. The Morgan fingerprint density at radius 1 is 1.54 bits per heavy atom. The van der Waals surface area contributed by atoms with Crippen LogP contribution in [0.3, 0.4) is 0 Å². The summed E-state index contributed by atoms with van der Waals surface area (Å²) in [6, 6.07) is 6.87. The Balaban J connectivity index is 2.61. The van der Waals surface area contributed by atoms with E-state index in [1.807, 2.05) is 6.07 Å². The lowest BCUT2D eigenvalue weighted by molar-refractivity contribution is 0.0618. The molecule has 13 heavy (non-hydrogen) atoms. The Morgan fingerprint density at radius 2 is 2.31 bits per heavy atom. The third-order valence-corrected chi connectivity index (χ3v) is 1.72. The fourth-order valence-electron chi connectivity index (χ4n) is 1.05. The summed E-state index contributed by atoms with van der Waals surface area (Å²) in [6.07, 6.45) is 0.580. The maximum atomic E-state index is 12.3. The van der Waals surface area contributed by atoms with Gasteiger partial charge < -0.3 is 0 Å². The molecule has 0 aliphatic rings. The number of benzene rings is 1. The van der Waals surface area contributed by atoms with Crippen molar-refractivity contribution in [1.29, 1.82) is 0 Å². The number of likely N-dealkylation sites (N-methyl/N-ethyl adjacent to an activating group) is 1. The van der Waals surface area contributed by atoms with Crippen LogP contribution in [0.2, 0.25) is 0 Å². The number of nitroso groups, excluding NO2 is 1. The molecule has 0 aromatic heterocycles. The molecule has 1 rings (SSSR count). The molecule has 0 radical (unpaired) electrons. The summed E-state index contributed by atoms with van der Waals surface area (Å²) in [4.78, 5) is 10.2. The van der Waals surface area contributed by atoms with Gasteiger partial charge in [-0.2, -0.15) is 0 Å². The summed E-state index contributed by atoms with van der Waals surface area (Å²) in [5.74, 6) is 0. The fourth-order valence-corrected chi connectivity index (χ4v) is 1.05. The molecule has 4 heteroatoms. The third-order valence-electron chi connectivity index (χ3n) is 1.72. The molecule has 0 saturated carbocycles. The smallest absolute Gasteiger partial charge is 0.108 e. The Kier molecular flexibility index (Phi) is 3.52. The maximum Gasteiger partial charge on any atom is 0.108 e. The van der Waals surface area contributed by atoms with E-state index in [0.717, 1.165) is 5.56 Å². The van der Waals surface area contributed by atoms with E-state index in [9.17, 15) is 9.39 Å². The zero-order chi connectivity index (χ0) is 9.68. The van der Waals surface area contributed by atoms with E-state index < -0.39 is 0 Å². The van der Waals surface area contributed by atoms with E-state index in [0.29, 0.717) is 23.8 Å². The van der Waals surface area contributed by atoms with Crippen LogP contribution in [0.4, 0.5) is 10.2 Å². The number of rotatable bonds is 4. The summed E-state index contributed by atoms with van der Waals surface area (Å²) >= 11 is 0. The highest BCUT2D eigenvalue weighted by atomic mass is 19.2. The minimum Gasteiger partial charge on any atom is -0.149 e. The molecule has 0 fully saturated rings. The predicted octanol–water partition coefficient (Wildman–Crippen LogP) is 2.44. The monoisotopic (exact) mass is 182 g/mol. The van der Waals surface area contributed by atoms with Gasteiger partial charge in [0.1, 0.15) is 5.69 Å². The molecule has 0 saturated heterocycles. The zero-order valence-electron chi connectivity index (χ0n) is 7.40. The Labute approximate surface area is 76.1 Å². The van der Waals surface area contributed by atoms with E-state index in [-0.39, 0.29) is 0 Å². The van der Waals surface area contributed by atoms with Gasteiger partial charge in [0.2, 0.25) is 0 Å². The van der Waals surface area contributed by atoms with Gasteiger partial charge in [0.15, 0.2) is 0 Å². The van der Waals surface area contributed by atoms with E-state index in [1.165, 1.54) is 7.05 Å². The minimum atomic E-state index is 0.322. The second-order valence-electron chi connectivity index (χ2n) is 2.84. The first kappa shape index (κ1) is 9.80. The summed E-state index contributed by atoms with van der Waals surface area (Å²) in [7, 11) is 1.36. The highest BCUT2D eigenvalue weighted by Gasteiger charge is 1.98. The van der Waals surface area contributed by atoms with E-state index in [2.05, 4.69) is 5.18 Å². The van der Waals surface area contributed by atoms with Gasteiger partial charge in [0.25, 0.3) is 0 Å². The fraction of sp³-hybridized carbons (Fsp3) is 0.333. The van der Waals surface area contributed by atoms with Crippen LogP contribution in [0.15, 0.2) is 29.4 Å². The standard InChI is InChI=1S/C9H11FN2O/c1-12(10)6-5-8-3-2-4-9(7-8)11-13/h2-4,7H,5-6H2,1H3.